The summed E-state index contributed by atoms with van der Waals surface area (Å²) in [5, 5.41) is 4.62. The monoisotopic (exact) mass is 291 g/mol. The van der Waals surface area contributed by atoms with Crippen molar-refractivity contribution < 1.29 is 4.79 Å². The van der Waals surface area contributed by atoms with Crippen LogP contribution in [0.3, 0.4) is 0 Å². The Kier molecular flexibility index (Phi) is 3.74. The molecule has 0 radical (unpaired) electrons. The van der Waals surface area contributed by atoms with Gasteiger partial charge in [-0.05, 0) is 19.1 Å². The highest BCUT2D eigenvalue weighted by atomic mass is 16.1. The Morgan fingerprint density at radius 1 is 1.05 bits per heavy atom. The highest BCUT2D eigenvalue weighted by Gasteiger charge is 2.19. The van der Waals surface area contributed by atoms with Crippen LogP contribution in [0, 0.1) is 6.92 Å². The summed E-state index contributed by atoms with van der Waals surface area (Å²) in [6, 6.07) is 19.8. The van der Waals surface area contributed by atoms with Gasteiger partial charge in [-0.2, -0.15) is 5.10 Å². The standard InChI is InChI=1S/C18H17N3O/c1-13-16(12-17(19)22)18(14-8-4-2-5-9-14)21(20-13)15-10-6-3-7-11-15/h2-11H,12H2,1H3,(H2,19,22). The van der Waals surface area contributed by atoms with Crippen LogP contribution >= 0.6 is 0 Å². The maximum absolute atomic E-state index is 11.4. The van der Waals surface area contributed by atoms with E-state index in [0.29, 0.717) is 0 Å². The Labute approximate surface area is 129 Å². The number of rotatable bonds is 4. The molecule has 4 nitrogen and oxygen atoms in total. The molecule has 1 aromatic heterocycles. The molecule has 1 heterocycles. The maximum Gasteiger partial charge on any atom is 0.221 e. The minimum Gasteiger partial charge on any atom is -0.369 e. The summed E-state index contributed by atoms with van der Waals surface area (Å²) >= 11 is 0. The minimum atomic E-state index is -0.354. The van der Waals surface area contributed by atoms with E-state index >= 15 is 0 Å². The molecule has 3 rings (SSSR count). The fraction of sp³-hybridized carbons (Fsp3) is 0.111. The number of para-hydroxylation sites is 1. The fourth-order valence-corrected chi connectivity index (χ4v) is 2.59. The molecule has 0 spiro atoms. The zero-order chi connectivity index (χ0) is 15.5. The van der Waals surface area contributed by atoms with Crippen molar-refractivity contribution in [2.24, 2.45) is 5.73 Å². The fourth-order valence-electron chi connectivity index (χ4n) is 2.59. The molecule has 3 aromatic rings. The van der Waals surface area contributed by atoms with Crippen molar-refractivity contribution in [1.82, 2.24) is 9.78 Å². The first-order chi connectivity index (χ1) is 10.7. The van der Waals surface area contributed by atoms with Crippen LogP contribution in [0.25, 0.3) is 16.9 Å². The number of nitrogens with two attached hydrogens (primary N) is 1. The van der Waals surface area contributed by atoms with Crippen LogP contribution in [0.4, 0.5) is 0 Å². The van der Waals surface area contributed by atoms with E-state index in [1.54, 1.807) is 0 Å². The molecule has 0 aliphatic rings. The molecule has 0 unspecified atom stereocenters. The van der Waals surface area contributed by atoms with E-state index < -0.39 is 0 Å². The van der Waals surface area contributed by atoms with Crippen LogP contribution in [-0.4, -0.2) is 15.7 Å². The van der Waals surface area contributed by atoms with Gasteiger partial charge in [-0.15, -0.1) is 0 Å². The first-order valence-corrected chi connectivity index (χ1v) is 7.14. The summed E-state index contributed by atoms with van der Waals surface area (Å²) in [4.78, 5) is 11.4. The Morgan fingerprint density at radius 3 is 2.23 bits per heavy atom. The number of carbonyl (C=O) groups excluding carboxylic acids is 1. The lowest BCUT2D eigenvalue weighted by Crippen LogP contribution is -2.14. The van der Waals surface area contributed by atoms with Gasteiger partial charge in [0.1, 0.15) is 0 Å². The summed E-state index contributed by atoms with van der Waals surface area (Å²) in [5.41, 5.74) is 10.0. The van der Waals surface area contributed by atoms with Crippen molar-refractivity contribution in [3.05, 3.63) is 71.9 Å². The van der Waals surface area contributed by atoms with Gasteiger partial charge in [-0.25, -0.2) is 4.68 Å². The van der Waals surface area contributed by atoms with Gasteiger partial charge in [0.15, 0.2) is 0 Å². The van der Waals surface area contributed by atoms with Crippen molar-refractivity contribution >= 4 is 5.91 Å². The number of hydrogen-bond donors (Lipinski definition) is 1. The SMILES string of the molecule is Cc1nn(-c2ccccc2)c(-c2ccccc2)c1CC(N)=O. The third-order valence-electron chi connectivity index (χ3n) is 3.58. The molecule has 2 N–H and O–H groups in total. The lowest BCUT2D eigenvalue weighted by Gasteiger charge is -2.09. The number of nitrogens with zero attached hydrogens (tertiary/aromatic N) is 2. The van der Waals surface area contributed by atoms with Gasteiger partial charge in [0, 0.05) is 11.1 Å². The predicted octanol–water partition coefficient (Wildman–Crippen LogP) is 2.88. The van der Waals surface area contributed by atoms with E-state index in [2.05, 4.69) is 5.10 Å². The van der Waals surface area contributed by atoms with E-state index in [1.807, 2.05) is 72.3 Å². The first kappa shape index (κ1) is 14.1. The van der Waals surface area contributed by atoms with Crippen LogP contribution in [0.2, 0.25) is 0 Å². The number of aromatic nitrogens is 2. The Morgan fingerprint density at radius 2 is 1.64 bits per heavy atom. The lowest BCUT2D eigenvalue weighted by atomic mass is 10.0. The molecule has 0 saturated carbocycles. The number of benzene rings is 2. The largest absolute Gasteiger partial charge is 0.369 e. The second-order valence-corrected chi connectivity index (χ2v) is 5.17. The molecule has 4 heteroatoms. The van der Waals surface area contributed by atoms with Crippen LogP contribution < -0.4 is 5.73 Å². The lowest BCUT2D eigenvalue weighted by molar-refractivity contribution is -0.117. The third kappa shape index (κ3) is 2.63. The van der Waals surface area contributed by atoms with Crippen LogP contribution in [-0.2, 0) is 11.2 Å². The highest BCUT2D eigenvalue weighted by molar-refractivity contribution is 5.80. The van der Waals surface area contributed by atoms with Crippen LogP contribution in [0.1, 0.15) is 11.3 Å². The molecule has 0 aliphatic heterocycles. The van der Waals surface area contributed by atoms with Gasteiger partial charge >= 0.3 is 0 Å². The predicted molar refractivity (Wildman–Crippen MR) is 86.6 cm³/mol. The second-order valence-electron chi connectivity index (χ2n) is 5.17. The van der Waals surface area contributed by atoms with Crippen molar-refractivity contribution in [2.75, 3.05) is 0 Å². The minimum absolute atomic E-state index is 0.183. The Balaban J connectivity index is 2.25. The summed E-state index contributed by atoms with van der Waals surface area (Å²) in [6.07, 6.45) is 0.183. The molecule has 22 heavy (non-hydrogen) atoms. The molecule has 0 fully saturated rings. The Bertz CT molecular complexity index is 792. The number of carbonyl (C=O) groups is 1. The molecule has 0 aliphatic carbocycles. The molecule has 110 valence electrons. The van der Waals surface area contributed by atoms with Gasteiger partial charge in [-0.3, -0.25) is 4.79 Å². The topological polar surface area (TPSA) is 60.9 Å². The molecule has 0 bridgehead atoms. The summed E-state index contributed by atoms with van der Waals surface area (Å²) < 4.78 is 1.88. The normalized spacial score (nSPS) is 10.6. The van der Waals surface area contributed by atoms with Crippen LogP contribution in [0.5, 0.6) is 0 Å². The first-order valence-electron chi connectivity index (χ1n) is 7.14. The van der Waals surface area contributed by atoms with Gasteiger partial charge in [0.25, 0.3) is 0 Å². The number of primary amides is 1. The van der Waals surface area contributed by atoms with Gasteiger partial charge in [0.05, 0.1) is 23.5 Å². The molecular formula is C18H17N3O. The highest BCUT2D eigenvalue weighted by Crippen LogP contribution is 2.29. The summed E-state index contributed by atoms with van der Waals surface area (Å²) in [6.45, 7) is 1.91. The van der Waals surface area contributed by atoms with Crippen molar-refractivity contribution in [3.8, 4) is 16.9 Å². The maximum atomic E-state index is 11.4. The van der Waals surface area contributed by atoms with Crippen molar-refractivity contribution in [2.45, 2.75) is 13.3 Å². The Hall–Kier alpha value is -2.88. The second kappa shape index (κ2) is 5.85. The van der Waals surface area contributed by atoms with E-state index in [0.717, 1.165) is 28.2 Å². The smallest absolute Gasteiger partial charge is 0.221 e. The number of hydrogen-bond acceptors (Lipinski definition) is 2. The van der Waals surface area contributed by atoms with Gasteiger partial charge in [-0.1, -0.05) is 48.5 Å². The molecule has 0 saturated heterocycles. The van der Waals surface area contributed by atoms with Crippen molar-refractivity contribution in [3.63, 3.8) is 0 Å². The van der Waals surface area contributed by atoms with E-state index in [9.17, 15) is 4.79 Å². The van der Waals surface area contributed by atoms with Crippen molar-refractivity contribution in [1.29, 1.82) is 0 Å². The number of aryl methyl sites for hydroxylation is 1. The number of amides is 1. The third-order valence-corrected chi connectivity index (χ3v) is 3.58. The van der Waals surface area contributed by atoms with E-state index in [4.69, 9.17) is 5.73 Å². The van der Waals surface area contributed by atoms with E-state index in [1.165, 1.54) is 0 Å². The van der Waals surface area contributed by atoms with E-state index in [-0.39, 0.29) is 12.3 Å². The quantitative estimate of drug-likeness (QED) is 0.803. The molecule has 1 amide bonds. The average Bonchev–Trinajstić information content (AvgIpc) is 2.85. The summed E-state index contributed by atoms with van der Waals surface area (Å²) in [7, 11) is 0. The zero-order valence-electron chi connectivity index (χ0n) is 12.4. The average molecular weight is 291 g/mol. The molecular weight excluding hydrogens is 274 g/mol. The zero-order valence-corrected chi connectivity index (χ0v) is 12.4. The van der Waals surface area contributed by atoms with Gasteiger partial charge < -0.3 is 5.73 Å². The van der Waals surface area contributed by atoms with Gasteiger partial charge in [0.2, 0.25) is 5.91 Å². The van der Waals surface area contributed by atoms with Crippen LogP contribution in [0.15, 0.2) is 60.7 Å². The molecule has 0 atom stereocenters. The summed E-state index contributed by atoms with van der Waals surface area (Å²) in [5.74, 6) is -0.354. The molecule has 2 aromatic carbocycles.